The number of nitrogens with zero attached hydrogens (tertiary/aromatic N) is 1. The standard InChI is InChI=1S/C9H10N2O4.CH2O2/c1-6(12)15-9-7(5-10)3-2-4-8(9)11(13)14;2-1-3/h2-4H,5,10H2,1H3;1H,(H,2,3). The Morgan fingerprint density at radius 3 is 2.56 bits per heavy atom. The van der Waals surface area contributed by atoms with E-state index in [-0.39, 0.29) is 24.5 Å². The van der Waals surface area contributed by atoms with Gasteiger partial charge in [0.15, 0.2) is 0 Å². The number of nitrogens with two attached hydrogens (primary N) is 1. The Hall–Kier alpha value is -2.48. The quantitative estimate of drug-likeness (QED) is 0.267. The van der Waals surface area contributed by atoms with E-state index in [2.05, 4.69) is 0 Å². The minimum atomic E-state index is -0.614. The predicted octanol–water partition coefficient (Wildman–Crippen LogP) is 0.680. The molecule has 0 spiro atoms. The minimum absolute atomic E-state index is 0.0718. The molecule has 0 aliphatic rings. The van der Waals surface area contributed by atoms with Crippen LogP contribution in [0.3, 0.4) is 0 Å². The van der Waals surface area contributed by atoms with E-state index in [1.807, 2.05) is 0 Å². The summed E-state index contributed by atoms with van der Waals surface area (Å²) >= 11 is 0. The Kier molecular flexibility index (Phi) is 6.67. The van der Waals surface area contributed by atoms with Gasteiger partial charge in [0.1, 0.15) is 0 Å². The molecule has 0 saturated heterocycles. The minimum Gasteiger partial charge on any atom is -0.483 e. The third-order valence-electron chi connectivity index (χ3n) is 1.74. The topological polar surface area (TPSA) is 133 Å². The number of carboxylic acid groups (broad SMARTS) is 1. The third kappa shape index (κ3) is 4.58. The summed E-state index contributed by atoms with van der Waals surface area (Å²) in [5.41, 5.74) is 5.56. The Bertz CT molecular complexity index is 446. The van der Waals surface area contributed by atoms with Gasteiger partial charge < -0.3 is 15.6 Å². The lowest BCUT2D eigenvalue weighted by Gasteiger charge is -2.06. The molecule has 0 aliphatic heterocycles. The van der Waals surface area contributed by atoms with Gasteiger partial charge in [0.2, 0.25) is 5.75 Å². The number of ether oxygens (including phenoxy) is 1. The molecule has 0 radical (unpaired) electrons. The van der Waals surface area contributed by atoms with Crippen LogP contribution in [-0.4, -0.2) is 22.5 Å². The summed E-state index contributed by atoms with van der Waals surface area (Å²) < 4.78 is 4.77. The van der Waals surface area contributed by atoms with Gasteiger partial charge in [0, 0.05) is 25.1 Å². The van der Waals surface area contributed by atoms with E-state index in [1.165, 1.54) is 19.1 Å². The van der Waals surface area contributed by atoms with Crippen LogP contribution in [0.15, 0.2) is 18.2 Å². The Labute approximate surface area is 102 Å². The van der Waals surface area contributed by atoms with Crippen LogP contribution in [0.2, 0.25) is 0 Å². The summed E-state index contributed by atoms with van der Waals surface area (Å²) in [6, 6.07) is 4.33. The second-order valence-electron chi connectivity index (χ2n) is 2.93. The second-order valence-corrected chi connectivity index (χ2v) is 2.93. The highest BCUT2D eigenvalue weighted by atomic mass is 16.6. The van der Waals surface area contributed by atoms with Crippen LogP contribution in [0.4, 0.5) is 5.69 Å². The van der Waals surface area contributed by atoms with Crippen molar-refractivity contribution in [2.24, 2.45) is 5.73 Å². The van der Waals surface area contributed by atoms with Crippen molar-refractivity contribution in [2.45, 2.75) is 13.5 Å². The molecule has 8 heteroatoms. The lowest BCUT2D eigenvalue weighted by Crippen LogP contribution is -2.08. The van der Waals surface area contributed by atoms with E-state index in [4.69, 9.17) is 20.4 Å². The molecule has 18 heavy (non-hydrogen) atoms. The van der Waals surface area contributed by atoms with Crippen molar-refractivity contribution < 1.29 is 24.4 Å². The second kappa shape index (κ2) is 7.74. The van der Waals surface area contributed by atoms with E-state index in [1.54, 1.807) is 6.07 Å². The van der Waals surface area contributed by atoms with Gasteiger partial charge in [-0.05, 0) is 0 Å². The van der Waals surface area contributed by atoms with Crippen molar-refractivity contribution in [3.63, 3.8) is 0 Å². The smallest absolute Gasteiger partial charge is 0.312 e. The predicted molar refractivity (Wildman–Crippen MR) is 61.0 cm³/mol. The molecule has 1 rings (SSSR count). The lowest BCUT2D eigenvalue weighted by molar-refractivity contribution is -0.385. The van der Waals surface area contributed by atoms with Crippen LogP contribution in [-0.2, 0) is 16.1 Å². The van der Waals surface area contributed by atoms with Gasteiger partial charge in [0.25, 0.3) is 6.47 Å². The van der Waals surface area contributed by atoms with Gasteiger partial charge in [-0.2, -0.15) is 0 Å². The Balaban J connectivity index is 0.000000873. The maximum atomic E-state index is 10.8. The molecule has 1 aromatic rings. The van der Waals surface area contributed by atoms with E-state index in [0.717, 1.165) is 0 Å². The first-order valence-corrected chi connectivity index (χ1v) is 4.70. The van der Waals surface area contributed by atoms with Crippen LogP contribution < -0.4 is 10.5 Å². The SMILES string of the molecule is CC(=O)Oc1c(CN)cccc1[N+](=O)[O-].O=CO. The van der Waals surface area contributed by atoms with Gasteiger partial charge in [-0.15, -0.1) is 0 Å². The number of rotatable bonds is 3. The monoisotopic (exact) mass is 256 g/mol. The summed E-state index contributed by atoms with van der Waals surface area (Å²) in [5, 5.41) is 17.5. The Morgan fingerprint density at radius 2 is 2.17 bits per heavy atom. The molecule has 0 unspecified atom stereocenters. The van der Waals surface area contributed by atoms with E-state index in [0.29, 0.717) is 5.56 Å². The summed E-state index contributed by atoms with van der Waals surface area (Å²) in [7, 11) is 0. The largest absolute Gasteiger partial charge is 0.483 e. The summed E-state index contributed by atoms with van der Waals surface area (Å²) in [6.07, 6.45) is 0. The Morgan fingerprint density at radius 1 is 1.61 bits per heavy atom. The van der Waals surface area contributed by atoms with Crippen LogP contribution in [0.5, 0.6) is 5.75 Å². The molecule has 0 atom stereocenters. The zero-order valence-electron chi connectivity index (χ0n) is 9.53. The number of hydrogen-bond acceptors (Lipinski definition) is 6. The number of para-hydroxylation sites is 1. The van der Waals surface area contributed by atoms with Crippen molar-refractivity contribution >= 4 is 18.1 Å². The fourth-order valence-corrected chi connectivity index (χ4v) is 1.14. The maximum Gasteiger partial charge on any atom is 0.312 e. The van der Waals surface area contributed by atoms with E-state index in [9.17, 15) is 14.9 Å². The summed E-state index contributed by atoms with van der Waals surface area (Å²) in [5.74, 6) is -0.684. The number of nitro groups is 1. The first kappa shape index (κ1) is 15.5. The van der Waals surface area contributed by atoms with Gasteiger partial charge in [-0.3, -0.25) is 19.7 Å². The summed E-state index contributed by atoms with van der Waals surface area (Å²) in [6.45, 7) is 1.00. The van der Waals surface area contributed by atoms with Crippen molar-refractivity contribution in [1.29, 1.82) is 0 Å². The maximum absolute atomic E-state index is 10.8. The molecular weight excluding hydrogens is 244 g/mol. The number of benzene rings is 1. The highest BCUT2D eigenvalue weighted by molar-refractivity contribution is 5.72. The zero-order chi connectivity index (χ0) is 14.1. The number of carbonyl (C=O) groups excluding carboxylic acids is 1. The molecule has 0 aromatic heterocycles. The molecule has 0 fully saturated rings. The molecular formula is C10H12N2O6. The molecule has 8 nitrogen and oxygen atoms in total. The summed E-state index contributed by atoms with van der Waals surface area (Å²) in [4.78, 5) is 29.2. The molecule has 98 valence electrons. The van der Waals surface area contributed by atoms with Crippen LogP contribution in [0.25, 0.3) is 0 Å². The fraction of sp³-hybridized carbons (Fsp3) is 0.200. The number of nitro benzene ring substituents is 1. The average molecular weight is 256 g/mol. The van der Waals surface area contributed by atoms with Crippen molar-refractivity contribution in [3.05, 3.63) is 33.9 Å². The van der Waals surface area contributed by atoms with E-state index < -0.39 is 10.9 Å². The molecule has 3 N–H and O–H groups in total. The molecule has 0 heterocycles. The normalized spacial score (nSPS) is 8.78. The zero-order valence-corrected chi connectivity index (χ0v) is 9.53. The van der Waals surface area contributed by atoms with Crippen LogP contribution in [0, 0.1) is 10.1 Å². The highest BCUT2D eigenvalue weighted by Crippen LogP contribution is 2.30. The van der Waals surface area contributed by atoms with Crippen LogP contribution in [0.1, 0.15) is 12.5 Å². The first-order valence-electron chi connectivity index (χ1n) is 4.70. The molecule has 0 aliphatic carbocycles. The van der Waals surface area contributed by atoms with Crippen molar-refractivity contribution in [2.75, 3.05) is 0 Å². The highest BCUT2D eigenvalue weighted by Gasteiger charge is 2.19. The molecule has 1 aromatic carbocycles. The van der Waals surface area contributed by atoms with Crippen molar-refractivity contribution in [3.8, 4) is 5.75 Å². The van der Waals surface area contributed by atoms with E-state index >= 15 is 0 Å². The van der Waals surface area contributed by atoms with Gasteiger partial charge in [-0.25, -0.2) is 0 Å². The molecule has 0 bridgehead atoms. The lowest BCUT2D eigenvalue weighted by atomic mass is 10.2. The number of hydrogen-bond donors (Lipinski definition) is 2. The van der Waals surface area contributed by atoms with Gasteiger partial charge in [0.05, 0.1) is 4.92 Å². The van der Waals surface area contributed by atoms with Gasteiger partial charge >= 0.3 is 11.7 Å². The molecule has 0 amide bonds. The fourth-order valence-electron chi connectivity index (χ4n) is 1.14. The first-order chi connectivity index (χ1) is 8.47. The number of carbonyl (C=O) groups is 2. The molecule has 0 saturated carbocycles. The average Bonchev–Trinajstić information content (AvgIpc) is 2.29. The van der Waals surface area contributed by atoms with Crippen molar-refractivity contribution in [1.82, 2.24) is 0 Å². The third-order valence-corrected chi connectivity index (χ3v) is 1.74. The van der Waals surface area contributed by atoms with Gasteiger partial charge in [-0.1, -0.05) is 12.1 Å². The number of esters is 1. The van der Waals surface area contributed by atoms with Crippen LogP contribution >= 0.6 is 0 Å².